The minimum absolute atomic E-state index is 0.318. The van der Waals surface area contributed by atoms with Gasteiger partial charge in [-0.2, -0.15) is 0 Å². The Bertz CT molecular complexity index is 388. The van der Waals surface area contributed by atoms with Crippen molar-refractivity contribution in [3.63, 3.8) is 0 Å². The second kappa shape index (κ2) is 4.62. The van der Waals surface area contributed by atoms with Gasteiger partial charge in [-0.3, -0.25) is 0 Å². The second-order valence-electron chi connectivity index (χ2n) is 6.45. The Hall–Kier alpha value is -0.530. The van der Waals surface area contributed by atoms with Crippen LogP contribution in [-0.4, -0.2) is 13.1 Å². The van der Waals surface area contributed by atoms with Gasteiger partial charge >= 0.3 is 0 Å². The molecule has 1 heterocycles. The van der Waals surface area contributed by atoms with Crippen LogP contribution in [-0.2, 0) is 5.41 Å². The van der Waals surface area contributed by atoms with Crippen LogP contribution in [0, 0.1) is 5.41 Å². The van der Waals surface area contributed by atoms with E-state index >= 15 is 0 Å². The number of benzene rings is 1. The lowest BCUT2D eigenvalue weighted by Crippen LogP contribution is -2.57. The summed E-state index contributed by atoms with van der Waals surface area (Å²) in [6, 6.07) is 8.36. The maximum Gasteiger partial charge on any atom is 0.0408 e. The van der Waals surface area contributed by atoms with E-state index in [0.717, 1.165) is 18.1 Å². The fourth-order valence-electron chi connectivity index (χ4n) is 2.38. The molecule has 17 heavy (non-hydrogen) atoms. The highest BCUT2D eigenvalue weighted by Gasteiger charge is 2.39. The molecule has 1 aromatic rings. The summed E-state index contributed by atoms with van der Waals surface area (Å²) in [6.45, 7) is 9.10. The SMILES string of the molecule is CC(C)(C)CCC1(c2cccc(Cl)c2)CNC1. The van der Waals surface area contributed by atoms with Crippen molar-refractivity contribution in [3.05, 3.63) is 34.9 Å². The van der Waals surface area contributed by atoms with Gasteiger partial charge in [0.2, 0.25) is 0 Å². The van der Waals surface area contributed by atoms with E-state index in [2.05, 4.69) is 44.3 Å². The van der Waals surface area contributed by atoms with Gasteiger partial charge in [-0.25, -0.2) is 0 Å². The van der Waals surface area contributed by atoms with Crippen LogP contribution >= 0.6 is 11.6 Å². The number of halogens is 1. The standard InChI is InChI=1S/C15H22ClN/c1-14(2,3)7-8-15(10-17-11-15)12-5-4-6-13(16)9-12/h4-6,9,17H,7-8,10-11H2,1-3H3. The van der Waals surface area contributed by atoms with E-state index in [0.29, 0.717) is 10.8 Å². The van der Waals surface area contributed by atoms with Crippen LogP contribution in [0.15, 0.2) is 24.3 Å². The summed E-state index contributed by atoms with van der Waals surface area (Å²) < 4.78 is 0. The third-order valence-electron chi connectivity index (χ3n) is 3.72. The molecule has 0 amide bonds. The van der Waals surface area contributed by atoms with Crippen molar-refractivity contribution in [3.8, 4) is 0 Å². The zero-order chi connectivity index (χ0) is 12.5. The van der Waals surface area contributed by atoms with E-state index in [4.69, 9.17) is 11.6 Å². The Morgan fingerprint density at radius 2 is 2.00 bits per heavy atom. The Kier molecular flexibility index (Phi) is 3.51. The molecule has 1 N–H and O–H groups in total. The average molecular weight is 252 g/mol. The summed E-state index contributed by atoms with van der Waals surface area (Å²) in [5.41, 5.74) is 2.12. The molecule has 0 unspecified atom stereocenters. The van der Waals surface area contributed by atoms with Crippen LogP contribution in [0.4, 0.5) is 0 Å². The molecule has 94 valence electrons. The maximum atomic E-state index is 6.10. The first-order valence-electron chi connectivity index (χ1n) is 6.38. The van der Waals surface area contributed by atoms with Gasteiger partial charge in [0.25, 0.3) is 0 Å². The van der Waals surface area contributed by atoms with Crippen LogP contribution in [0.2, 0.25) is 5.02 Å². The van der Waals surface area contributed by atoms with E-state index in [1.165, 1.54) is 18.4 Å². The normalized spacial score (nSPS) is 18.8. The predicted molar refractivity (Wildman–Crippen MR) is 74.7 cm³/mol. The zero-order valence-electron chi connectivity index (χ0n) is 11.0. The predicted octanol–water partition coefficient (Wildman–Crippen LogP) is 4.01. The van der Waals surface area contributed by atoms with Crippen molar-refractivity contribution in [1.29, 1.82) is 0 Å². The summed E-state index contributed by atoms with van der Waals surface area (Å²) >= 11 is 6.10. The lowest BCUT2D eigenvalue weighted by atomic mass is 9.69. The second-order valence-corrected chi connectivity index (χ2v) is 6.89. The van der Waals surface area contributed by atoms with Gasteiger partial charge in [0.15, 0.2) is 0 Å². The molecule has 0 spiro atoms. The fourth-order valence-corrected chi connectivity index (χ4v) is 2.57. The Morgan fingerprint density at radius 3 is 2.47 bits per heavy atom. The molecule has 0 aromatic heterocycles. The lowest BCUT2D eigenvalue weighted by molar-refractivity contribution is 0.216. The van der Waals surface area contributed by atoms with E-state index in [1.54, 1.807) is 0 Å². The smallest absolute Gasteiger partial charge is 0.0408 e. The van der Waals surface area contributed by atoms with E-state index in [1.807, 2.05) is 6.07 Å². The molecule has 0 atom stereocenters. The highest BCUT2D eigenvalue weighted by Crippen LogP contribution is 2.37. The van der Waals surface area contributed by atoms with Gasteiger partial charge in [0.05, 0.1) is 0 Å². The molecule has 1 aliphatic heterocycles. The van der Waals surface area contributed by atoms with Crippen molar-refractivity contribution in [2.75, 3.05) is 13.1 Å². The molecular formula is C15H22ClN. The van der Waals surface area contributed by atoms with Gasteiger partial charge in [-0.15, -0.1) is 0 Å². The van der Waals surface area contributed by atoms with Crippen LogP contribution in [0.1, 0.15) is 39.2 Å². The molecule has 1 aliphatic rings. The van der Waals surface area contributed by atoms with E-state index in [9.17, 15) is 0 Å². The van der Waals surface area contributed by atoms with Gasteiger partial charge < -0.3 is 5.32 Å². The molecule has 1 saturated heterocycles. The number of rotatable bonds is 3. The van der Waals surface area contributed by atoms with Crippen molar-refractivity contribution >= 4 is 11.6 Å². The molecule has 0 radical (unpaired) electrons. The first-order valence-corrected chi connectivity index (χ1v) is 6.76. The highest BCUT2D eigenvalue weighted by atomic mass is 35.5. The molecule has 2 rings (SSSR count). The van der Waals surface area contributed by atoms with Gasteiger partial charge in [-0.1, -0.05) is 44.5 Å². The highest BCUT2D eigenvalue weighted by molar-refractivity contribution is 6.30. The average Bonchev–Trinajstić information content (AvgIpc) is 2.14. The Balaban J connectivity index is 2.14. The lowest BCUT2D eigenvalue weighted by Gasteiger charge is -2.44. The molecule has 2 heteroatoms. The molecule has 1 aromatic carbocycles. The maximum absolute atomic E-state index is 6.10. The molecule has 1 fully saturated rings. The van der Waals surface area contributed by atoms with Crippen molar-refractivity contribution in [2.45, 2.75) is 39.0 Å². The van der Waals surface area contributed by atoms with Crippen LogP contribution in [0.3, 0.4) is 0 Å². The molecular weight excluding hydrogens is 230 g/mol. The monoisotopic (exact) mass is 251 g/mol. The van der Waals surface area contributed by atoms with Crippen molar-refractivity contribution in [1.82, 2.24) is 5.32 Å². The van der Waals surface area contributed by atoms with E-state index < -0.39 is 0 Å². The quantitative estimate of drug-likeness (QED) is 0.856. The first kappa shape index (κ1) is 12.9. The number of hydrogen-bond donors (Lipinski definition) is 1. The fraction of sp³-hybridized carbons (Fsp3) is 0.600. The van der Waals surface area contributed by atoms with Gasteiger partial charge in [-0.05, 0) is 36.0 Å². The molecule has 0 bridgehead atoms. The first-order chi connectivity index (χ1) is 7.91. The van der Waals surface area contributed by atoms with Crippen molar-refractivity contribution < 1.29 is 0 Å². The van der Waals surface area contributed by atoms with Crippen LogP contribution < -0.4 is 5.32 Å². The number of hydrogen-bond acceptors (Lipinski definition) is 1. The zero-order valence-corrected chi connectivity index (χ0v) is 11.8. The summed E-state index contributed by atoms with van der Waals surface area (Å²) in [5.74, 6) is 0. The third-order valence-corrected chi connectivity index (χ3v) is 3.95. The summed E-state index contributed by atoms with van der Waals surface area (Å²) in [4.78, 5) is 0. The Labute approximate surface area is 110 Å². The van der Waals surface area contributed by atoms with E-state index in [-0.39, 0.29) is 0 Å². The summed E-state index contributed by atoms with van der Waals surface area (Å²) in [6.07, 6.45) is 2.49. The third kappa shape index (κ3) is 3.02. The summed E-state index contributed by atoms with van der Waals surface area (Å²) in [5, 5.41) is 4.26. The van der Waals surface area contributed by atoms with Crippen LogP contribution in [0.5, 0.6) is 0 Å². The molecule has 1 nitrogen and oxygen atoms in total. The van der Waals surface area contributed by atoms with Gasteiger partial charge in [0, 0.05) is 23.5 Å². The van der Waals surface area contributed by atoms with Crippen LogP contribution in [0.25, 0.3) is 0 Å². The molecule has 0 aliphatic carbocycles. The minimum atomic E-state index is 0.318. The largest absolute Gasteiger partial charge is 0.315 e. The molecule has 0 saturated carbocycles. The van der Waals surface area contributed by atoms with Gasteiger partial charge in [0.1, 0.15) is 0 Å². The minimum Gasteiger partial charge on any atom is -0.315 e. The topological polar surface area (TPSA) is 12.0 Å². The Morgan fingerprint density at radius 1 is 1.29 bits per heavy atom. The summed E-state index contributed by atoms with van der Waals surface area (Å²) in [7, 11) is 0. The number of nitrogens with one attached hydrogen (secondary N) is 1. The van der Waals surface area contributed by atoms with Crippen molar-refractivity contribution in [2.24, 2.45) is 5.41 Å².